The molecule has 1 unspecified atom stereocenters. The van der Waals surface area contributed by atoms with Gasteiger partial charge in [-0.15, -0.1) is 0 Å². The van der Waals surface area contributed by atoms with Crippen molar-refractivity contribution in [2.24, 2.45) is 0 Å². The van der Waals surface area contributed by atoms with Crippen molar-refractivity contribution in [3.8, 4) is 0 Å². The van der Waals surface area contributed by atoms with Crippen LogP contribution in [0.3, 0.4) is 0 Å². The number of aromatic nitrogens is 2. The number of amides is 1. The highest BCUT2D eigenvalue weighted by molar-refractivity contribution is 5.92. The van der Waals surface area contributed by atoms with Crippen molar-refractivity contribution >= 4 is 5.91 Å². The summed E-state index contributed by atoms with van der Waals surface area (Å²) in [5.41, 5.74) is -0.0993. The van der Waals surface area contributed by atoms with Gasteiger partial charge in [-0.2, -0.15) is 0 Å². The third-order valence-electron chi connectivity index (χ3n) is 4.43. The van der Waals surface area contributed by atoms with Gasteiger partial charge in [-0.3, -0.25) is 14.7 Å². The van der Waals surface area contributed by atoms with Crippen LogP contribution in [0.25, 0.3) is 0 Å². The van der Waals surface area contributed by atoms with Crippen LogP contribution in [-0.2, 0) is 9.47 Å². The smallest absolute Gasteiger partial charge is 0.274 e. The van der Waals surface area contributed by atoms with Crippen LogP contribution in [0.2, 0.25) is 0 Å². The van der Waals surface area contributed by atoms with E-state index in [0.29, 0.717) is 44.6 Å². The van der Waals surface area contributed by atoms with E-state index in [1.165, 1.54) is 12.4 Å². The molecule has 2 saturated heterocycles. The van der Waals surface area contributed by atoms with Crippen LogP contribution in [0, 0.1) is 0 Å². The molecule has 0 aliphatic carbocycles. The average Bonchev–Trinajstić information content (AvgIpc) is 2.77. The summed E-state index contributed by atoms with van der Waals surface area (Å²) in [6, 6.07) is 0.447. The summed E-state index contributed by atoms with van der Waals surface area (Å²) in [6.45, 7) is 8.80. The Morgan fingerprint density at radius 3 is 2.87 bits per heavy atom. The van der Waals surface area contributed by atoms with Gasteiger partial charge in [0.15, 0.2) is 0 Å². The summed E-state index contributed by atoms with van der Waals surface area (Å²) in [5, 5.41) is 0. The second-order valence-electron chi connectivity index (χ2n) is 6.47. The summed E-state index contributed by atoms with van der Waals surface area (Å²) >= 11 is 0. The zero-order chi connectivity index (χ0) is 16.3. The standard InChI is InChI=1S/C16H24N4O3/c1-13(2)19-6-8-23-16(10-19)11-20(5-7-22-12-16)15(21)14-9-17-3-4-18-14/h3-4,9,13H,5-8,10-12H2,1-2H3. The van der Waals surface area contributed by atoms with Gasteiger partial charge in [-0.05, 0) is 13.8 Å². The first-order valence-electron chi connectivity index (χ1n) is 8.11. The number of hydrogen-bond donors (Lipinski definition) is 0. The van der Waals surface area contributed by atoms with Gasteiger partial charge in [-0.1, -0.05) is 0 Å². The van der Waals surface area contributed by atoms with Crippen molar-refractivity contribution in [2.75, 3.05) is 46.0 Å². The second kappa shape index (κ2) is 6.90. The SMILES string of the molecule is CC(C)N1CCOC2(COCCN(C(=O)c3cnccn3)C2)C1. The summed E-state index contributed by atoms with van der Waals surface area (Å²) in [5.74, 6) is -0.117. The third-order valence-corrected chi connectivity index (χ3v) is 4.43. The van der Waals surface area contributed by atoms with Crippen molar-refractivity contribution in [1.29, 1.82) is 0 Å². The Kier molecular flexibility index (Phi) is 4.89. The van der Waals surface area contributed by atoms with Crippen molar-refractivity contribution in [2.45, 2.75) is 25.5 Å². The van der Waals surface area contributed by atoms with Crippen LogP contribution in [-0.4, -0.2) is 83.3 Å². The molecule has 0 saturated carbocycles. The number of morpholine rings is 1. The van der Waals surface area contributed by atoms with E-state index in [4.69, 9.17) is 9.47 Å². The topological polar surface area (TPSA) is 67.8 Å². The molecule has 3 rings (SSSR count). The molecule has 3 heterocycles. The lowest BCUT2D eigenvalue weighted by Crippen LogP contribution is -2.60. The Bertz CT molecular complexity index is 539. The first kappa shape index (κ1) is 16.3. The van der Waals surface area contributed by atoms with E-state index in [-0.39, 0.29) is 5.91 Å². The fraction of sp³-hybridized carbons (Fsp3) is 0.688. The van der Waals surface area contributed by atoms with Crippen LogP contribution in [0.4, 0.5) is 0 Å². The van der Waals surface area contributed by atoms with Gasteiger partial charge >= 0.3 is 0 Å². The number of ether oxygens (including phenoxy) is 2. The third kappa shape index (κ3) is 3.68. The van der Waals surface area contributed by atoms with Gasteiger partial charge in [0.25, 0.3) is 5.91 Å². The molecule has 1 aromatic rings. The molecule has 2 aliphatic rings. The lowest BCUT2D eigenvalue weighted by atomic mass is 10.0. The molecular weight excluding hydrogens is 296 g/mol. The molecule has 126 valence electrons. The summed E-state index contributed by atoms with van der Waals surface area (Å²) in [7, 11) is 0. The molecule has 23 heavy (non-hydrogen) atoms. The van der Waals surface area contributed by atoms with Gasteiger partial charge in [0.05, 0.1) is 32.6 Å². The van der Waals surface area contributed by atoms with Gasteiger partial charge in [-0.25, -0.2) is 4.98 Å². The molecule has 7 nitrogen and oxygen atoms in total. The maximum absolute atomic E-state index is 12.7. The first-order valence-corrected chi connectivity index (χ1v) is 8.11. The fourth-order valence-electron chi connectivity index (χ4n) is 3.15. The predicted molar refractivity (Wildman–Crippen MR) is 84.1 cm³/mol. The predicted octanol–water partition coefficient (Wildman–Crippen LogP) is 0.428. The maximum Gasteiger partial charge on any atom is 0.274 e. The van der Waals surface area contributed by atoms with E-state index < -0.39 is 5.60 Å². The van der Waals surface area contributed by atoms with Gasteiger partial charge in [0.1, 0.15) is 11.3 Å². The number of rotatable bonds is 2. The van der Waals surface area contributed by atoms with Crippen molar-refractivity contribution in [3.05, 3.63) is 24.3 Å². The van der Waals surface area contributed by atoms with E-state index in [9.17, 15) is 4.79 Å². The van der Waals surface area contributed by atoms with Crippen molar-refractivity contribution < 1.29 is 14.3 Å². The number of carbonyl (C=O) groups excluding carboxylic acids is 1. The van der Waals surface area contributed by atoms with Crippen LogP contribution < -0.4 is 0 Å². The second-order valence-corrected chi connectivity index (χ2v) is 6.47. The van der Waals surface area contributed by atoms with Crippen LogP contribution in [0.5, 0.6) is 0 Å². The van der Waals surface area contributed by atoms with Crippen LogP contribution in [0.15, 0.2) is 18.6 Å². The van der Waals surface area contributed by atoms with E-state index in [1.54, 1.807) is 11.1 Å². The van der Waals surface area contributed by atoms with Crippen LogP contribution >= 0.6 is 0 Å². The lowest BCUT2D eigenvalue weighted by molar-refractivity contribution is -0.144. The lowest BCUT2D eigenvalue weighted by Gasteiger charge is -2.44. The van der Waals surface area contributed by atoms with Crippen molar-refractivity contribution in [1.82, 2.24) is 19.8 Å². The van der Waals surface area contributed by atoms with E-state index in [1.807, 2.05) is 0 Å². The highest BCUT2D eigenvalue weighted by atomic mass is 16.5. The molecular formula is C16H24N4O3. The molecule has 0 bridgehead atoms. The molecule has 1 aromatic heterocycles. The Morgan fingerprint density at radius 2 is 2.13 bits per heavy atom. The van der Waals surface area contributed by atoms with E-state index in [0.717, 1.165) is 13.1 Å². The minimum absolute atomic E-state index is 0.117. The Morgan fingerprint density at radius 1 is 1.26 bits per heavy atom. The molecule has 0 N–H and O–H groups in total. The largest absolute Gasteiger partial charge is 0.376 e. The van der Waals surface area contributed by atoms with E-state index >= 15 is 0 Å². The minimum atomic E-state index is -0.461. The number of hydrogen-bond acceptors (Lipinski definition) is 6. The molecule has 2 fully saturated rings. The van der Waals surface area contributed by atoms with Crippen molar-refractivity contribution in [3.63, 3.8) is 0 Å². The molecule has 1 atom stereocenters. The number of carbonyl (C=O) groups is 1. The van der Waals surface area contributed by atoms with Gasteiger partial charge < -0.3 is 14.4 Å². The zero-order valence-corrected chi connectivity index (χ0v) is 13.8. The highest BCUT2D eigenvalue weighted by Gasteiger charge is 2.42. The van der Waals surface area contributed by atoms with E-state index in [2.05, 4.69) is 28.7 Å². The minimum Gasteiger partial charge on any atom is -0.376 e. The summed E-state index contributed by atoms with van der Waals surface area (Å²) < 4.78 is 11.8. The molecule has 2 aliphatic heterocycles. The first-order chi connectivity index (χ1) is 11.1. The summed E-state index contributed by atoms with van der Waals surface area (Å²) in [6.07, 6.45) is 4.60. The maximum atomic E-state index is 12.7. The molecule has 7 heteroatoms. The fourth-order valence-corrected chi connectivity index (χ4v) is 3.15. The quantitative estimate of drug-likeness (QED) is 0.787. The Labute approximate surface area is 136 Å². The normalized spacial score (nSPS) is 26.5. The van der Waals surface area contributed by atoms with Gasteiger partial charge in [0.2, 0.25) is 0 Å². The van der Waals surface area contributed by atoms with Crippen LogP contribution in [0.1, 0.15) is 24.3 Å². The van der Waals surface area contributed by atoms with Gasteiger partial charge in [0, 0.05) is 38.1 Å². The highest BCUT2D eigenvalue weighted by Crippen LogP contribution is 2.24. The zero-order valence-electron chi connectivity index (χ0n) is 13.8. The summed E-state index contributed by atoms with van der Waals surface area (Å²) in [4.78, 5) is 24.9. The average molecular weight is 320 g/mol. The monoisotopic (exact) mass is 320 g/mol. The molecule has 0 radical (unpaired) electrons. The number of nitrogens with zero attached hydrogens (tertiary/aromatic N) is 4. The Hall–Kier alpha value is -1.57. The molecule has 0 aromatic carbocycles. The molecule has 1 amide bonds. The Balaban J connectivity index is 1.77. The molecule has 1 spiro atoms.